The van der Waals surface area contributed by atoms with Gasteiger partial charge in [-0.15, -0.1) is 0 Å². The highest BCUT2D eigenvalue weighted by Crippen LogP contribution is 2.58. The summed E-state index contributed by atoms with van der Waals surface area (Å²) in [4.78, 5) is 2.38. The molecule has 3 heteroatoms. The Labute approximate surface area is 523 Å². The van der Waals surface area contributed by atoms with Gasteiger partial charge in [0.25, 0.3) is 0 Å². The van der Waals surface area contributed by atoms with Gasteiger partial charge >= 0.3 is 0 Å². The number of hydrogen-bond acceptors (Lipinski definition) is 2. The Bertz CT molecular complexity index is 4560. The quantitative estimate of drug-likeness (QED) is 0.171. The number of benzene rings is 12. The van der Waals surface area contributed by atoms with Crippen molar-refractivity contribution in [1.29, 1.82) is 0 Å². The highest BCUT2D eigenvalue weighted by molar-refractivity contribution is 9.10. The van der Waals surface area contributed by atoms with Crippen LogP contribution >= 0.6 is 15.9 Å². The maximum absolute atomic E-state index is 3.65. The first-order valence-corrected chi connectivity index (χ1v) is 31.4. The van der Waals surface area contributed by atoms with Crippen molar-refractivity contribution in [2.45, 2.75) is 77.0 Å². The lowest BCUT2D eigenvalue weighted by Crippen LogP contribution is -2.17. The van der Waals surface area contributed by atoms with Crippen molar-refractivity contribution >= 4 is 44.4 Å². The fourth-order valence-corrected chi connectivity index (χ4v) is 14.8. The number of para-hydroxylation sites is 2. The zero-order chi connectivity index (χ0) is 59.8. The molecule has 0 aromatic heterocycles. The molecular formula is C84H71BrN2. The summed E-state index contributed by atoms with van der Waals surface area (Å²) in [6.45, 7) is 18.9. The summed E-state index contributed by atoms with van der Waals surface area (Å²) in [7, 11) is 0. The molecule has 0 saturated heterocycles. The summed E-state index contributed by atoms with van der Waals surface area (Å²) in [5.41, 5.74) is 33.2. The topological polar surface area (TPSA) is 15.3 Å². The first-order chi connectivity index (χ1) is 42.1. The number of anilines is 5. The van der Waals surface area contributed by atoms with Gasteiger partial charge in [-0.25, -0.2) is 0 Å². The third-order valence-electron chi connectivity index (χ3n) is 19.3. The van der Waals surface area contributed by atoms with E-state index in [1.807, 2.05) is 24.3 Å². The van der Waals surface area contributed by atoms with Gasteiger partial charge in [-0.2, -0.15) is 0 Å². The minimum absolute atomic E-state index is 0.0101. The summed E-state index contributed by atoms with van der Waals surface area (Å²) < 4.78 is 1.16. The molecule has 87 heavy (non-hydrogen) atoms. The van der Waals surface area contributed by atoms with Crippen molar-refractivity contribution in [2.24, 2.45) is 0 Å². The predicted molar refractivity (Wildman–Crippen MR) is 373 cm³/mol. The Balaban J connectivity index is 0.000000128. The van der Waals surface area contributed by atoms with Crippen LogP contribution in [0.5, 0.6) is 0 Å². The van der Waals surface area contributed by atoms with Crippen LogP contribution in [0.3, 0.4) is 0 Å². The van der Waals surface area contributed by atoms with E-state index in [4.69, 9.17) is 0 Å². The maximum Gasteiger partial charge on any atom is 0.0465 e. The Morgan fingerprint density at radius 2 is 0.552 bits per heavy atom. The molecule has 0 atom stereocenters. The summed E-state index contributed by atoms with van der Waals surface area (Å²) in [5.74, 6) is 0. The summed E-state index contributed by atoms with van der Waals surface area (Å²) in [5, 5.41) is 3.38. The maximum atomic E-state index is 3.65. The average molecular weight is 1190 g/mol. The Hall–Kier alpha value is -9.28. The molecule has 12 aromatic carbocycles. The van der Waals surface area contributed by atoms with Gasteiger partial charge in [-0.3, -0.25) is 0 Å². The normalized spacial score (nSPS) is 14.6. The van der Waals surface area contributed by atoms with E-state index in [0.717, 1.165) is 27.2 Å². The van der Waals surface area contributed by atoms with Crippen LogP contribution < -0.4 is 10.2 Å². The number of fused-ring (bicyclic) bond motifs is 12. The molecule has 0 radical (unpaired) electrons. The van der Waals surface area contributed by atoms with Crippen LogP contribution in [0.15, 0.2) is 284 Å². The van der Waals surface area contributed by atoms with Crippen LogP contribution in [-0.4, -0.2) is 0 Å². The van der Waals surface area contributed by atoms with Gasteiger partial charge in [0.2, 0.25) is 0 Å². The van der Waals surface area contributed by atoms with Crippen LogP contribution in [0.1, 0.15) is 99.9 Å². The highest BCUT2D eigenvalue weighted by atomic mass is 79.9. The zero-order valence-electron chi connectivity index (χ0n) is 50.9. The van der Waals surface area contributed by atoms with E-state index in [0.29, 0.717) is 0 Å². The van der Waals surface area contributed by atoms with Crippen molar-refractivity contribution in [1.82, 2.24) is 0 Å². The minimum atomic E-state index is -0.114. The van der Waals surface area contributed by atoms with Crippen molar-refractivity contribution in [3.8, 4) is 66.8 Å². The minimum Gasteiger partial charge on any atom is -0.356 e. The van der Waals surface area contributed by atoms with E-state index in [9.17, 15) is 0 Å². The molecule has 0 unspecified atom stereocenters. The standard InChI is InChI=1S/C42H35N.C24H21Br.C18H15N/c1-41(2)37-18-12-11-17-33(37)35-26-40-36(27-39(35)41)34-24-23-32(25-38(34)42(40,3)4)43(30-15-9-6-10-16-30)31-21-19-29(20-22-31)28-13-7-5-8-14-28;1-23(2)19-8-6-5-7-15(19)17-12-22-18(13-21(17)23)16-10-9-14(25)11-20(16)24(22,3)4;1-3-7-15(8-4-1)16-11-13-18(14-12-16)19-17-9-5-2-6-10-17/h5-27H,1-4H3;5-13H,1-4H3;1-14,19H. The summed E-state index contributed by atoms with van der Waals surface area (Å²) in [6.07, 6.45) is 0. The van der Waals surface area contributed by atoms with Crippen molar-refractivity contribution in [3.05, 3.63) is 328 Å². The number of nitrogens with zero attached hydrogens (tertiary/aromatic N) is 1. The van der Waals surface area contributed by atoms with E-state index >= 15 is 0 Å². The molecule has 16 rings (SSSR count). The van der Waals surface area contributed by atoms with Gasteiger partial charge in [0.1, 0.15) is 0 Å². The highest BCUT2D eigenvalue weighted by Gasteiger charge is 2.43. The number of halogens is 1. The molecule has 424 valence electrons. The average Bonchev–Trinajstić information content (AvgIpc) is 1.63. The molecule has 0 bridgehead atoms. The molecule has 2 nitrogen and oxygen atoms in total. The van der Waals surface area contributed by atoms with Crippen molar-refractivity contribution in [2.75, 3.05) is 10.2 Å². The fraction of sp³-hybridized carbons (Fsp3) is 0.143. The monoisotopic (exact) mass is 1190 g/mol. The van der Waals surface area contributed by atoms with Crippen LogP contribution in [-0.2, 0) is 21.7 Å². The lowest BCUT2D eigenvalue weighted by molar-refractivity contribution is 0.652. The fourth-order valence-electron chi connectivity index (χ4n) is 14.5. The third kappa shape index (κ3) is 9.65. The summed E-state index contributed by atoms with van der Waals surface area (Å²) >= 11 is 3.65. The second-order valence-corrected chi connectivity index (χ2v) is 26.8. The van der Waals surface area contributed by atoms with Gasteiger partial charge in [-0.05, 0) is 208 Å². The van der Waals surface area contributed by atoms with Gasteiger partial charge in [0, 0.05) is 54.6 Å². The molecule has 0 fully saturated rings. The molecule has 4 aliphatic carbocycles. The van der Waals surface area contributed by atoms with Crippen LogP contribution in [0, 0.1) is 0 Å². The lowest BCUT2D eigenvalue weighted by Gasteiger charge is -2.28. The van der Waals surface area contributed by atoms with Gasteiger partial charge in [0.05, 0.1) is 0 Å². The lowest BCUT2D eigenvalue weighted by atomic mass is 9.79. The SMILES string of the molecule is CC1(C)c2ccccc2-c2cc3c(cc21)-c1ccc(Br)cc1C3(C)C.CC1(C)c2ccccc2-c2cc3c(cc21)-c1ccc(N(c2ccccc2)c2ccc(-c4ccccc4)cc2)cc1C3(C)C.c1ccc(Nc2ccc(-c3ccccc3)cc2)cc1. The molecule has 0 amide bonds. The Morgan fingerprint density at radius 3 is 1.02 bits per heavy atom. The first kappa shape index (κ1) is 55.6. The van der Waals surface area contributed by atoms with E-state index in [2.05, 4.69) is 336 Å². The Morgan fingerprint density at radius 1 is 0.241 bits per heavy atom. The molecule has 0 heterocycles. The number of nitrogens with one attached hydrogen (secondary N) is 1. The largest absolute Gasteiger partial charge is 0.356 e. The second kappa shape index (κ2) is 21.6. The van der Waals surface area contributed by atoms with Crippen molar-refractivity contribution < 1.29 is 0 Å². The number of rotatable bonds is 7. The predicted octanol–water partition coefficient (Wildman–Crippen LogP) is 23.6. The van der Waals surface area contributed by atoms with E-state index < -0.39 is 0 Å². The Kier molecular flexibility index (Phi) is 13.8. The van der Waals surface area contributed by atoms with Gasteiger partial charge in [0.15, 0.2) is 0 Å². The molecule has 1 N–H and O–H groups in total. The molecule has 0 spiro atoms. The number of hydrogen-bond donors (Lipinski definition) is 1. The third-order valence-corrected chi connectivity index (χ3v) is 19.8. The van der Waals surface area contributed by atoms with Crippen molar-refractivity contribution in [3.63, 3.8) is 0 Å². The van der Waals surface area contributed by atoms with Crippen LogP contribution in [0.25, 0.3) is 66.8 Å². The van der Waals surface area contributed by atoms with E-state index in [-0.39, 0.29) is 21.7 Å². The molecule has 0 saturated carbocycles. The zero-order valence-corrected chi connectivity index (χ0v) is 52.5. The molecule has 0 aliphatic heterocycles. The van der Waals surface area contributed by atoms with Crippen LogP contribution in [0.2, 0.25) is 0 Å². The second-order valence-electron chi connectivity index (χ2n) is 25.9. The van der Waals surface area contributed by atoms with Gasteiger partial charge < -0.3 is 10.2 Å². The smallest absolute Gasteiger partial charge is 0.0465 e. The molecule has 4 aliphatic rings. The summed E-state index contributed by atoms with van der Waals surface area (Å²) in [6, 6.07) is 101. The van der Waals surface area contributed by atoms with Gasteiger partial charge in [-0.1, -0.05) is 253 Å². The van der Waals surface area contributed by atoms with Crippen LogP contribution in [0.4, 0.5) is 28.4 Å². The van der Waals surface area contributed by atoms with E-state index in [1.54, 1.807) is 0 Å². The molecule has 12 aromatic rings. The molecular weight excluding hydrogens is 1120 g/mol. The van der Waals surface area contributed by atoms with E-state index in [1.165, 1.54) is 117 Å². The first-order valence-electron chi connectivity index (χ1n) is 30.6.